The predicted molar refractivity (Wildman–Crippen MR) is 72.3 cm³/mol. The Balaban J connectivity index is 2.00. The van der Waals surface area contributed by atoms with Gasteiger partial charge in [-0.05, 0) is 50.4 Å². The summed E-state index contributed by atoms with van der Waals surface area (Å²) in [6, 6.07) is 3.28. The number of hydrogen-bond donors (Lipinski definition) is 1. The minimum absolute atomic E-state index is 0.267. The van der Waals surface area contributed by atoms with Gasteiger partial charge < -0.3 is 10.2 Å². The molecule has 1 aromatic rings. The first-order chi connectivity index (χ1) is 8.79. The first-order valence-electron chi connectivity index (χ1n) is 6.87. The van der Waals surface area contributed by atoms with E-state index < -0.39 is 0 Å². The Labute approximate surface area is 108 Å². The molecule has 1 saturated heterocycles. The van der Waals surface area contributed by atoms with Crippen molar-refractivity contribution in [2.45, 2.75) is 26.2 Å². The molecule has 2 heterocycles. The summed E-state index contributed by atoms with van der Waals surface area (Å²) in [4.78, 5) is 6.49. The standard InChI is InChI=1S/C14H22FN3/c1-2-9-18(11-12-5-7-16-8-6-12)14-4-3-13(15)10-17-14/h3-4,10,12,16H,2,5-9,11H2,1H3. The van der Waals surface area contributed by atoms with Crippen molar-refractivity contribution in [3.63, 3.8) is 0 Å². The van der Waals surface area contributed by atoms with Crippen molar-refractivity contribution in [2.75, 3.05) is 31.1 Å². The number of rotatable bonds is 5. The highest BCUT2D eigenvalue weighted by molar-refractivity contribution is 5.37. The van der Waals surface area contributed by atoms with Crippen molar-refractivity contribution >= 4 is 5.82 Å². The molecule has 3 nitrogen and oxygen atoms in total. The van der Waals surface area contributed by atoms with E-state index in [-0.39, 0.29) is 5.82 Å². The molecular weight excluding hydrogens is 229 g/mol. The largest absolute Gasteiger partial charge is 0.356 e. The van der Waals surface area contributed by atoms with Crippen LogP contribution in [0.1, 0.15) is 26.2 Å². The van der Waals surface area contributed by atoms with Gasteiger partial charge in [-0.15, -0.1) is 0 Å². The van der Waals surface area contributed by atoms with Crippen LogP contribution >= 0.6 is 0 Å². The van der Waals surface area contributed by atoms with Crippen LogP contribution in [0.15, 0.2) is 18.3 Å². The van der Waals surface area contributed by atoms with Crippen LogP contribution in [-0.2, 0) is 0 Å². The zero-order valence-electron chi connectivity index (χ0n) is 11.0. The van der Waals surface area contributed by atoms with Crippen LogP contribution < -0.4 is 10.2 Å². The molecule has 0 aromatic carbocycles. The Morgan fingerprint density at radius 1 is 1.39 bits per heavy atom. The average Bonchev–Trinajstić information content (AvgIpc) is 2.40. The maximum Gasteiger partial charge on any atom is 0.141 e. The van der Waals surface area contributed by atoms with Crippen molar-refractivity contribution in [1.29, 1.82) is 0 Å². The molecule has 0 aliphatic carbocycles. The topological polar surface area (TPSA) is 28.2 Å². The number of hydrogen-bond acceptors (Lipinski definition) is 3. The van der Waals surface area contributed by atoms with Crippen molar-refractivity contribution < 1.29 is 4.39 Å². The minimum atomic E-state index is -0.267. The first kappa shape index (κ1) is 13.3. The lowest BCUT2D eigenvalue weighted by atomic mass is 9.97. The fourth-order valence-electron chi connectivity index (χ4n) is 2.50. The van der Waals surface area contributed by atoms with E-state index in [2.05, 4.69) is 22.1 Å². The zero-order chi connectivity index (χ0) is 12.8. The highest BCUT2D eigenvalue weighted by Crippen LogP contribution is 2.18. The highest BCUT2D eigenvalue weighted by atomic mass is 19.1. The highest BCUT2D eigenvalue weighted by Gasteiger charge is 2.17. The van der Waals surface area contributed by atoms with Crippen LogP contribution in [0.3, 0.4) is 0 Å². The average molecular weight is 251 g/mol. The third kappa shape index (κ3) is 3.67. The number of nitrogens with one attached hydrogen (secondary N) is 1. The van der Waals surface area contributed by atoms with Gasteiger partial charge in [0.2, 0.25) is 0 Å². The molecule has 1 aliphatic rings. The van der Waals surface area contributed by atoms with E-state index in [0.717, 1.165) is 44.3 Å². The van der Waals surface area contributed by atoms with Gasteiger partial charge in [-0.2, -0.15) is 0 Å². The van der Waals surface area contributed by atoms with Gasteiger partial charge in [0, 0.05) is 13.1 Å². The second kappa shape index (κ2) is 6.69. The quantitative estimate of drug-likeness (QED) is 0.871. The summed E-state index contributed by atoms with van der Waals surface area (Å²) < 4.78 is 12.9. The smallest absolute Gasteiger partial charge is 0.141 e. The Morgan fingerprint density at radius 2 is 2.17 bits per heavy atom. The van der Waals surface area contributed by atoms with Crippen molar-refractivity contribution in [1.82, 2.24) is 10.3 Å². The molecule has 100 valence electrons. The van der Waals surface area contributed by atoms with Crippen LogP contribution in [0.2, 0.25) is 0 Å². The summed E-state index contributed by atoms with van der Waals surface area (Å²) in [5.74, 6) is 1.36. The third-order valence-electron chi connectivity index (χ3n) is 3.47. The number of piperidine rings is 1. The SMILES string of the molecule is CCCN(CC1CCNCC1)c1ccc(F)cn1. The summed E-state index contributed by atoms with van der Waals surface area (Å²) >= 11 is 0. The number of nitrogens with zero attached hydrogens (tertiary/aromatic N) is 2. The molecule has 2 rings (SSSR count). The lowest BCUT2D eigenvalue weighted by Crippen LogP contribution is -2.37. The molecule has 0 atom stereocenters. The van der Waals surface area contributed by atoms with Gasteiger partial charge in [-0.1, -0.05) is 6.92 Å². The molecule has 1 aliphatic heterocycles. The lowest BCUT2D eigenvalue weighted by molar-refractivity contribution is 0.372. The number of pyridine rings is 1. The van der Waals surface area contributed by atoms with Crippen molar-refractivity contribution in [3.05, 3.63) is 24.1 Å². The maximum atomic E-state index is 12.9. The van der Waals surface area contributed by atoms with Crippen LogP contribution in [0.4, 0.5) is 10.2 Å². The van der Waals surface area contributed by atoms with E-state index in [9.17, 15) is 4.39 Å². The molecule has 4 heteroatoms. The van der Waals surface area contributed by atoms with E-state index in [0.29, 0.717) is 0 Å². The molecule has 0 spiro atoms. The van der Waals surface area contributed by atoms with Crippen LogP contribution in [0.5, 0.6) is 0 Å². The fourth-order valence-corrected chi connectivity index (χ4v) is 2.50. The Morgan fingerprint density at radius 3 is 2.78 bits per heavy atom. The maximum absolute atomic E-state index is 12.9. The summed E-state index contributed by atoms with van der Waals surface area (Å²) in [5, 5.41) is 3.38. The number of halogens is 1. The number of anilines is 1. The van der Waals surface area contributed by atoms with E-state index in [1.807, 2.05) is 0 Å². The monoisotopic (exact) mass is 251 g/mol. The summed E-state index contributed by atoms with van der Waals surface area (Å²) in [6.45, 7) is 6.42. The molecule has 0 radical (unpaired) electrons. The van der Waals surface area contributed by atoms with Gasteiger partial charge in [0.05, 0.1) is 6.20 Å². The van der Waals surface area contributed by atoms with Gasteiger partial charge in [-0.25, -0.2) is 9.37 Å². The summed E-state index contributed by atoms with van der Waals surface area (Å²) in [5.41, 5.74) is 0. The molecule has 0 bridgehead atoms. The molecule has 1 fully saturated rings. The number of aromatic nitrogens is 1. The predicted octanol–water partition coefficient (Wildman–Crippen LogP) is 2.44. The Hall–Kier alpha value is -1.16. The molecule has 0 unspecified atom stereocenters. The van der Waals surface area contributed by atoms with Gasteiger partial charge in [0.15, 0.2) is 0 Å². The zero-order valence-corrected chi connectivity index (χ0v) is 11.0. The van der Waals surface area contributed by atoms with Gasteiger partial charge in [0.25, 0.3) is 0 Å². The molecular formula is C14H22FN3. The van der Waals surface area contributed by atoms with E-state index in [1.54, 1.807) is 6.07 Å². The van der Waals surface area contributed by atoms with Crippen LogP contribution in [0.25, 0.3) is 0 Å². The van der Waals surface area contributed by atoms with Crippen molar-refractivity contribution in [3.8, 4) is 0 Å². The summed E-state index contributed by atoms with van der Waals surface area (Å²) in [6.07, 6.45) is 4.84. The minimum Gasteiger partial charge on any atom is -0.356 e. The summed E-state index contributed by atoms with van der Waals surface area (Å²) in [7, 11) is 0. The second-order valence-electron chi connectivity index (χ2n) is 4.97. The molecule has 1 aromatic heterocycles. The van der Waals surface area contributed by atoms with Gasteiger partial charge >= 0.3 is 0 Å². The van der Waals surface area contributed by atoms with E-state index in [1.165, 1.54) is 25.1 Å². The van der Waals surface area contributed by atoms with Gasteiger partial charge in [0.1, 0.15) is 11.6 Å². The second-order valence-corrected chi connectivity index (χ2v) is 4.97. The Bertz CT molecular complexity index is 347. The molecule has 1 N–H and O–H groups in total. The molecule has 18 heavy (non-hydrogen) atoms. The van der Waals surface area contributed by atoms with Gasteiger partial charge in [-0.3, -0.25) is 0 Å². The fraction of sp³-hybridized carbons (Fsp3) is 0.643. The van der Waals surface area contributed by atoms with Crippen molar-refractivity contribution in [2.24, 2.45) is 5.92 Å². The normalized spacial score (nSPS) is 16.8. The lowest BCUT2D eigenvalue weighted by Gasteiger charge is -2.30. The first-order valence-corrected chi connectivity index (χ1v) is 6.87. The van der Waals surface area contributed by atoms with E-state index >= 15 is 0 Å². The van der Waals surface area contributed by atoms with Crippen LogP contribution in [-0.4, -0.2) is 31.2 Å². The Kier molecular flexibility index (Phi) is 4.93. The van der Waals surface area contributed by atoms with Crippen LogP contribution in [0, 0.1) is 11.7 Å². The van der Waals surface area contributed by atoms with E-state index in [4.69, 9.17) is 0 Å². The molecule has 0 amide bonds. The third-order valence-corrected chi connectivity index (χ3v) is 3.47. The molecule has 0 saturated carbocycles.